The number of carbonyl (C=O) groups excluding carboxylic acids is 2. The Morgan fingerprint density at radius 1 is 1.00 bits per heavy atom. The van der Waals surface area contributed by atoms with Crippen LogP contribution in [0.2, 0.25) is 0 Å². The van der Waals surface area contributed by atoms with Gasteiger partial charge in [-0.15, -0.1) is 0 Å². The molecule has 1 aliphatic rings. The zero-order chi connectivity index (χ0) is 29.1. The fourth-order valence-electron chi connectivity index (χ4n) is 4.91. The van der Waals surface area contributed by atoms with Crippen molar-refractivity contribution in [2.75, 3.05) is 19.5 Å². The lowest BCUT2D eigenvalue weighted by Crippen LogP contribution is -2.34. The number of ketones is 1. The van der Waals surface area contributed by atoms with E-state index in [9.17, 15) is 14.4 Å². The van der Waals surface area contributed by atoms with Crippen LogP contribution in [0.3, 0.4) is 0 Å². The van der Waals surface area contributed by atoms with E-state index in [4.69, 9.17) is 14.2 Å². The number of anilines is 1. The maximum Gasteiger partial charge on any atom is 0.263 e. The number of rotatable bonds is 9. The SMILES string of the molecule is COc1cc2nccc(Oc3ccc(NC(=O)c4cc5c(n(CCC(C)C)c4=O)CCCC5=O)nc3)c2cc1OC. The van der Waals surface area contributed by atoms with Crippen LogP contribution >= 0.6 is 0 Å². The Balaban J connectivity index is 1.38. The van der Waals surface area contributed by atoms with Crippen molar-refractivity contribution in [2.45, 2.75) is 46.1 Å². The molecule has 0 fully saturated rings. The van der Waals surface area contributed by atoms with Gasteiger partial charge in [0.2, 0.25) is 0 Å². The van der Waals surface area contributed by atoms with Gasteiger partial charge < -0.3 is 24.1 Å². The number of nitrogens with zero attached hydrogens (tertiary/aromatic N) is 3. The van der Waals surface area contributed by atoms with E-state index < -0.39 is 11.5 Å². The second kappa shape index (κ2) is 11.8. The zero-order valence-electron chi connectivity index (χ0n) is 23.5. The van der Waals surface area contributed by atoms with Crippen LogP contribution in [0.1, 0.15) is 59.5 Å². The Hall–Kier alpha value is -4.73. The maximum atomic E-state index is 13.4. The smallest absolute Gasteiger partial charge is 0.263 e. The molecule has 4 aromatic rings. The van der Waals surface area contributed by atoms with Crippen molar-refractivity contribution in [2.24, 2.45) is 5.92 Å². The summed E-state index contributed by atoms with van der Waals surface area (Å²) in [6, 6.07) is 9.97. The number of hydrogen-bond donors (Lipinski definition) is 1. The minimum absolute atomic E-state index is 0.0436. The number of pyridine rings is 3. The third-order valence-corrected chi connectivity index (χ3v) is 7.11. The molecule has 1 N–H and O–H groups in total. The molecule has 10 nitrogen and oxygen atoms in total. The van der Waals surface area contributed by atoms with E-state index >= 15 is 0 Å². The summed E-state index contributed by atoms with van der Waals surface area (Å²) in [5, 5.41) is 3.41. The summed E-state index contributed by atoms with van der Waals surface area (Å²) in [6.07, 6.45) is 5.62. The average Bonchev–Trinajstić information content (AvgIpc) is 2.97. The summed E-state index contributed by atoms with van der Waals surface area (Å²) in [6.45, 7) is 4.60. The van der Waals surface area contributed by atoms with E-state index in [1.165, 1.54) is 12.3 Å². The molecule has 0 bridgehead atoms. The van der Waals surface area contributed by atoms with Crippen molar-refractivity contribution in [1.29, 1.82) is 0 Å². The Bertz CT molecular complexity index is 1680. The molecule has 0 saturated carbocycles. The normalized spacial score (nSPS) is 12.8. The highest BCUT2D eigenvalue weighted by molar-refractivity contribution is 6.06. The molecule has 10 heteroatoms. The lowest BCUT2D eigenvalue weighted by Gasteiger charge is -2.22. The van der Waals surface area contributed by atoms with Gasteiger partial charge in [-0.2, -0.15) is 0 Å². The predicted octanol–water partition coefficient (Wildman–Crippen LogP) is 5.42. The largest absolute Gasteiger partial charge is 0.493 e. The molecule has 0 aliphatic heterocycles. The average molecular weight is 557 g/mol. The Labute approximate surface area is 237 Å². The number of methoxy groups -OCH3 is 2. The Kier molecular flexibility index (Phi) is 8.00. The number of Topliss-reactive ketones (excluding diaryl/α,β-unsaturated/α-hetero) is 1. The van der Waals surface area contributed by atoms with Gasteiger partial charge in [-0.25, -0.2) is 4.98 Å². The molecule has 5 rings (SSSR count). The van der Waals surface area contributed by atoms with E-state index in [0.717, 1.165) is 17.5 Å². The van der Waals surface area contributed by atoms with Crippen molar-refractivity contribution in [3.63, 3.8) is 0 Å². The van der Waals surface area contributed by atoms with Crippen LogP contribution in [0.25, 0.3) is 10.9 Å². The molecule has 1 aliphatic carbocycles. The van der Waals surface area contributed by atoms with Crippen LogP contribution < -0.4 is 25.1 Å². The molecule has 3 heterocycles. The summed E-state index contributed by atoms with van der Waals surface area (Å²) in [5.41, 5.74) is 1.38. The van der Waals surface area contributed by atoms with Gasteiger partial charge in [0.15, 0.2) is 17.3 Å². The molecule has 0 radical (unpaired) electrons. The van der Waals surface area contributed by atoms with Gasteiger partial charge >= 0.3 is 0 Å². The number of amides is 1. The lowest BCUT2D eigenvalue weighted by atomic mass is 9.92. The van der Waals surface area contributed by atoms with Crippen LogP contribution in [-0.4, -0.2) is 40.4 Å². The first-order valence-corrected chi connectivity index (χ1v) is 13.5. The minimum atomic E-state index is -0.614. The number of hydrogen-bond acceptors (Lipinski definition) is 8. The number of nitrogens with one attached hydrogen (secondary N) is 1. The monoisotopic (exact) mass is 556 g/mol. The molecule has 212 valence electrons. The standard InChI is InChI=1S/C31H32N4O6/c1-18(2)11-13-35-24-6-5-7-25(36)21(24)14-22(31(35)38)30(37)34-29-9-8-19(17-33-29)41-26-10-12-32-23-16-28(40-4)27(39-3)15-20(23)26/h8-10,12,14-18H,5-7,11,13H2,1-4H3,(H,33,34,37). The lowest BCUT2D eigenvalue weighted by molar-refractivity contribution is 0.0970. The van der Waals surface area contributed by atoms with Crippen LogP contribution in [0.15, 0.2) is 53.6 Å². The van der Waals surface area contributed by atoms with Crippen molar-refractivity contribution in [3.05, 3.63) is 76.0 Å². The molecule has 1 amide bonds. The first-order chi connectivity index (χ1) is 19.8. The van der Waals surface area contributed by atoms with Crippen molar-refractivity contribution < 1.29 is 23.8 Å². The van der Waals surface area contributed by atoms with Crippen LogP contribution in [0.5, 0.6) is 23.0 Å². The van der Waals surface area contributed by atoms with Gasteiger partial charge in [-0.3, -0.25) is 19.4 Å². The number of ether oxygens (including phenoxy) is 3. The van der Waals surface area contributed by atoms with E-state index in [2.05, 4.69) is 29.1 Å². The van der Waals surface area contributed by atoms with Crippen LogP contribution in [0, 0.1) is 5.92 Å². The molecule has 0 saturated heterocycles. The second-order valence-electron chi connectivity index (χ2n) is 10.3. The highest BCUT2D eigenvalue weighted by Crippen LogP contribution is 2.36. The summed E-state index contributed by atoms with van der Waals surface area (Å²) in [7, 11) is 3.12. The molecule has 0 atom stereocenters. The molecular formula is C31H32N4O6. The Morgan fingerprint density at radius 2 is 1.78 bits per heavy atom. The van der Waals surface area contributed by atoms with Crippen molar-refractivity contribution in [1.82, 2.24) is 14.5 Å². The van der Waals surface area contributed by atoms with E-state index in [1.807, 2.05) is 0 Å². The summed E-state index contributed by atoms with van der Waals surface area (Å²) in [5.74, 6) is 2.02. The first kappa shape index (κ1) is 27.8. The highest BCUT2D eigenvalue weighted by Gasteiger charge is 2.26. The fourth-order valence-corrected chi connectivity index (χ4v) is 4.91. The summed E-state index contributed by atoms with van der Waals surface area (Å²) >= 11 is 0. The van der Waals surface area contributed by atoms with Gasteiger partial charge in [0.05, 0.1) is 25.9 Å². The van der Waals surface area contributed by atoms with Crippen molar-refractivity contribution in [3.8, 4) is 23.0 Å². The van der Waals surface area contributed by atoms with E-state index in [-0.39, 0.29) is 17.2 Å². The molecule has 0 unspecified atom stereocenters. The summed E-state index contributed by atoms with van der Waals surface area (Å²) in [4.78, 5) is 47.9. The number of fused-ring (bicyclic) bond motifs is 2. The second-order valence-corrected chi connectivity index (χ2v) is 10.3. The Morgan fingerprint density at radius 3 is 2.49 bits per heavy atom. The van der Waals surface area contributed by atoms with Crippen molar-refractivity contribution >= 4 is 28.4 Å². The number of carbonyl (C=O) groups is 2. The summed E-state index contributed by atoms with van der Waals surface area (Å²) < 4.78 is 18.4. The topological polar surface area (TPSA) is 122 Å². The van der Waals surface area contributed by atoms with Gasteiger partial charge in [0.25, 0.3) is 11.5 Å². The third kappa shape index (κ3) is 5.77. The maximum absolute atomic E-state index is 13.4. The predicted molar refractivity (Wildman–Crippen MR) is 155 cm³/mol. The third-order valence-electron chi connectivity index (χ3n) is 7.11. The fraction of sp³-hybridized carbons (Fsp3) is 0.323. The van der Waals surface area contributed by atoms with Gasteiger partial charge in [-0.05, 0) is 55.5 Å². The van der Waals surface area contributed by atoms with E-state index in [1.54, 1.807) is 55.3 Å². The molecule has 41 heavy (non-hydrogen) atoms. The molecule has 1 aromatic carbocycles. The minimum Gasteiger partial charge on any atom is -0.493 e. The molecular weight excluding hydrogens is 524 g/mol. The van der Waals surface area contributed by atoms with E-state index in [0.29, 0.717) is 65.8 Å². The quantitative estimate of drug-likeness (QED) is 0.290. The first-order valence-electron chi connectivity index (χ1n) is 13.5. The highest BCUT2D eigenvalue weighted by atomic mass is 16.5. The molecule has 0 spiro atoms. The number of benzene rings is 1. The van der Waals surface area contributed by atoms with Gasteiger partial charge in [0, 0.05) is 41.9 Å². The van der Waals surface area contributed by atoms with Gasteiger partial charge in [-0.1, -0.05) is 13.8 Å². The van der Waals surface area contributed by atoms with Crippen LogP contribution in [-0.2, 0) is 13.0 Å². The van der Waals surface area contributed by atoms with Crippen LogP contribution in [0.4, 0.5) is 5.82 Å². The number of aromatic nitrogens is 3. The van der Waals surface area contributed by atoms with Gasteiger partial charge in [0.1, 0.15) is 22.9 Å². The zero-order valence-corrected chi connectivity index (χ0v) is 23.5. The molecule has 3 aromatic heterocycles.